The van der Waals surface area contributed by atoms with Crippen molar-refractivity contribution in [3.63, 3.8) is 0 Å². The van der Waals surface area contributed by atoms with Crippen molar-refractivity contribution < 1.29 is 9.53 Å². The van der Waals surface area contributed by atoms with Gasteiger partial charge < -0.3 is 15.8 Å². The number of ether oxygens (including phenoxy) is 1. The maximum Gasteiger partial charge on any atom is 0.407 e. The van der Waals surface area contributed by atoms with E-state index in [0.29, 0.717) is 18.7 Å². The summed E-state index contributed by atoms with van der Waals surface area (Å²) in [7, 11) is 0. The Labute approximate surface area is 135 Å². The van der Waals surface area contributed by atoms with Crippen LogP contribution < -0.4 is 11.1 Å². The normalized spacial score (nSPS) is 11.8. The molecule has 0 bridgehead atoms. The number of carbonyl (C=O) groups excluding carboxylic acids is 1. The first kappa shape index (κ1) is 16.7. The Morgan fingerprint density at radius 3 is 2.78 bits per heavy atom. The monoisotopic (exact) mass is 314 g/mol. The molecule has 0 aliphatic carbocycles. The predicted molar refractivity (Wildman–Crippen MR) is 91.8 cm³/mol. The quantitative estimate of drug-likeness (QED) is 0.668. The molecule has 1 aromatic carbocycles. The van der Waals surface area contributed by atoms with Gasteiger partial charge in [0.25, 0.3) is 0 Å². The molecule has 6 nitrogen and oxygen atoms in total. The summed E-state index contributed by atoms with van der Waals surface area (Å²) in [6.07, 6.45) is 7.39. The molecule has 0 radical (unpaired) electrons. The number of anilines is 1. The summed E-state index contributed by atoms with van der Waals surface area (Å²) in [5, 5.41) is 2.71. The van der Waals surface area contributed by atoms with Crippen LogP contribution in [0.5, 0.6) is 0 Å². The lowest BCUT2D eigenvalue weighted by atomic mass is 10.1. The number of nitrogens with one attached hydrogen (secondary N) is 1. The van der Waals surface area contributed by atoms with E-state index in [2.05, 4.69) is 15.3 Å². The number of rotatable bonds is 4. The van der Waals surface area contributed by atoms with Gasteiger partial charge in [0, 0.05) is 30.2 Å². The number of hydrogen-bond acceptors (Lipinski definition) is 5. The van der Waals surface area contributed by atoms with E-state index < -0.39 is 11.7 Å². The first-order valence-corrected chi connectivity index (χ1v) is 7.49. The number of nitrogens with two attached hydrogens (primary N) is 1. The van der Waals surface area contributed by atoms with Gasteiger partial charge in [-0.05, 0) is 39.3 Å². The lowest BCUT2D eigenvalue weighted by Crippen LogP contribution is -2.32. The van der Waals surface area contributed by atoms with E-state index >= 15 is 0 Å². The van der Waals surface area contributed by atoms with Crippen LogP contribution in [0.3, 0.4) is 0 Å². The van der Waals surface area contributed by atoms with Crippen LogP contribution in [0.4, 0.5) is 10.5 Å². The molecular formula is C17H22N4O2. The molecule has 0 atom stereocenters. The standard InChI is InChI=1S/C17H22N4O2/c1-17(2,3)23-16(22)21-9-5-4-6-12-13(18)7-8-14-15(12)20-11-10-19-14/h4,6-8,10-11H,5,9,18H2,1-3H3,(H,21,22). The fourth-order valence-electron chi connectivity index (χ4n) is 2.02. The van der Waals surface area contributed by atoms with E-state index in [4.69, 9.17) is 10.5 Å². The topological polar surface area (TPSA) is 90.1 Å². The Bertz CT molecular complexity index is 720. The van der Waals surface area contributed by atoms with E-state index in [9.17, 15) is 4.79 Å². The Kier molecular flexibility index (Phi) is 5.16. The third-order valence-electron chi connectivity index (χ3n) is 2.98. The first-order valence-electron chi connectivity index (χ1n) is 7.49. The Morgan fingerprint density at radius 1 is 1.30 bits per heavy atom. The fraction of sp³-hybridized carbons (Fsp3) is 0.353. The lowest BCUT2D eigenvalue weighted by molar-refractivity contribution is 0.0529. The van der Waals surface area contributed by atoms with Crippen molar-refractivity contribution in [2.75, 3.05) is 12.3 Å². The molecule has 0 fully saturated rings. The molecule has 1 amide bonds. The van der Waals surface area contributed by atoms with Crippen LogP contribution in [0.15, 0.2) is 30.6 Å². The molecule has 0 unspecified atom stereocenters. The molecule has 6 heteroatoms. The predicted octanol–water partition coefficient (Wildman–Crippen LogP) is 3.14. The van der Waals surface area contributed by atoms with Crippen molar-refractivity contribution >= 4 is 28.9 Å². The van der Waals surface area contributed by atoms with Gasteiger partial charge in [0.15, 0.2) is 0 Å². The van der Waals surface area contributed by atoms with Crippen LogP contribution in [0.2, 0.25) is 0 Å². The van der Waals surface area contributed by atoms with Crippen LogP contribution in [0.1, 0.15) is 32.8 Å². The average molecular weight is 314 g/mol. The lowest BCUT2D eigenvalue weighted by Gasteiger charge is -2.19. The number of carbonyl (C=O) groups is 1. The van der Waals surface area contributed by atoms with E-state index in [1.807, 2.05) is 45.1 Å². The smallest absolute Gasteiger partial charge is 0.407 e. The number of aromatic nitrogens is 2. The average Bonchev–Trinajstić information content (AvgIpc) is 2.47. The van der Waals surface area contributed by atoms with E-state index in [0.717, 1.165) is 16.6 Å². The second-order valence-electron chi connectivity index (χ2n) is 6.11. The highest BCUT2D eigenvalue weighted by Crippen LogP contribution is 2.22. The van der Waals surface area contributed by atoms with Gasteiger partial charge in [-0.3, -0.25) is 9.97 Å². The van der Waals surface area contributed by atoms with Gasteiger partial charge in [-0.15, -0.1) is 0 Å². The summed E-state index contributed by atoms with van der Waals surface area (Å²) in [5.74, 6) is 0. The fourth-order valence-corrected chi connectivity index (χ4v) is 2.02. The molecule has 0 aliphatic rings. The van der Waals surface area contributed by atoms with Crippen LogP contribution in [0.25, 0.3) is 17.1 Å². The molecule has 3 N–H and O–H groups in total. The minimum atomic E-state index is -0.490. The molecule has 2 rings (SSSR count). The maximum absolute atomic E-state index is 11.5. The zero-order chi connectivity index (χ0) is 16.9. The highest BCUT2D eigenvalue weighted by Gasteiger charge is 2.15. The number of benzene rings is 1. The highest BCUT2D eigenvalue weighted by molar-refractivity contribution is 5.89. The van der Waals surface area contributed by atoms with Crippen molar-refractivity contribution in [1.29, 1.82) is 0 Å². The molecule has 1 aromatic heterocycles. The molecule has 0 saturated carbocycles. The van der Waals surface area contributed by atoms with E-state index in [1.165, 1.54) is 0 Å². The minimum absolute atomic E-state index is 0.415. The largest absolute Gasteiger partial charge is 0.444 e. The van der Waals surface area contributed by atoms with Gasteiger partial charge in [-0.2, -0.15) is 0 Å². The zero-order valence-corrected chi connectivity index (χ0v) is 13.7. The van der Waals surface area contributed by atoms with E-state index in [1.54, 1.807) is 12.4 Å². The number of nitrogens with zero attached hydrogens (tertiary/aromatic N) is 2. The number of hydrogen-bond donors (Lipinski definition) is 2. The van der Waals surface area contributed by atoms with Gasteiger partial charge in [-0.1, -0.05) is 12.2 Å². The van der Waals surface area contributed by atoms with Crippen LogP contribution in [-0.2, 0) is 4.74 Å². The van der Waals surface area contributed by atoms with Crippen molar-refractivity contribution in [2.24, 2.45) is 0 Å². The van der Waals surface area contributed by atoms with E-state index in [-0.39, 0.29) is 0 Å². The minimum Gasteiger partial charge on any atom is -0.444 e. The van der Waals surface area contributed by atoms with Gasteiger partial charge >= 0.3 is 6.09 Å². The summed E-state index contributed by atoms with van der Waals surface area (Å²) >= 11 is 0. The number of alkyl carbamates (subject to hydrolysis) is 1. The zero-order valence-electron chi connectivity index (χ0n) is 13.7. The molecule has 0 aliphatic heterocycles. The van der Waals surface area contributed by atoms with Gasteiger partial charge in [0.1, 0.15) is 5.60 Å². The maximum atomic E-state index is 11.5. The second-order valence-corrected chi connectivity index (χ2v) is 6.11. The summed E-state index contributed by atoms with van der Waals surface area (Å²) in [6, 6.07) is 3.66. The van der Waals surface area contributed by atoms with Crippen molar-refractivity contribution in [1.82, 2.24) is 15.3 Å². The molecular weight excluding hydrogens is 292 g/mol. The number of fused-ring (bicyclic) bond motifs is 1. The van der Waals surface area contributed by atoms with Gasteiger partial charge in [-0.25, -0.2) is 4.79 Å². The van der Waals surface area contributed by atoms with Crippen molar-refractivity contribution in [2.45, 2.75) is 32.8 Å². The molecule has 2 aromatic rings. The van der Waals surface area contributed by atoms with Crippen LogP contribution >= 0.6 is 0 Å². The molecule has 0 saturated heterocycles. The second kappa shape index (κ2) is 7.09. The highest BCUT2D eigenvalue weighted by atomic mass is 16.6. The Morgan fingerprint density at radius 2 is 2.04 bits per heavy atom. The Balaban J connectivity index is 1.94. The third kappa shape index (κ3) is 4.95. The number of amides is 1. The first-order chi connectivity index (χ1) is 10.9. The summed E-state index contributed by atoms with van der Waals surface area (Å²) in [5.41, 5.74) is 8.58. The summed E-state index contributed by atoms with van der Waals surface area (Å²) < 4.78 is 5.17. The third-order valence-corrected chi connectivity index (χ3v) is 2.98. The molecule has 23 heavy (non-hydrogen) atoms. The summed E-state index contributed by atoms with van der Waals surface area (Å²) in [4.78, 5) is 20.1. The molecule has 1 heterocycles. The van der Waals surface area contributed by atoms with Gasteiger partial charge in [0.2, 0.25) is 0 Å². The Hall–Kier alpha value is -2.63. The van der Waals surface area contributed by atoms with Crippen molar-refractivity contribution in [3.05, 3.63) is 36.2 Å². The van der Waals surface area contributed by atoms with Crippen LogP contribution in [0, 0.1) is 0 Å². The number of nitrogen functional groups attached to an aromatic ring is 1. The summed E-state index contributed by atoms with van der Waals surface area (Å²) in [6.45, 7) is 5.98. The van der Waals surface area contributed by atoms with Crippen LogP contribution in [-0.4, -0.2) is 28.2 Å². The molecule has 122 valence electrons. The molecule has 0 spiro atoms. The van der Waals surface area contributed by atoms with Gasteiger partial charge in [0.05, 0.1) is 11.0 Å². The SMILES string of the molecule is CC(C)(C)OC(=O)NCCC=Cc1c(N)ccc2nccnc12. The van der Waals surface area contributed by atoms with Crippen molar-refractivity contribution in [3.8, 4) is 0 Å².